The van der Waals surface area contributed by atoms with Crippen LogP contribution in [-0.4, -0.2) is 43.4 Å². The number of hydrogen-bond donors (Lipinski definition) is 1. The van der Waals surface area contributed by atoms with Crippen molar-refractivity contribution in [2.45, 2.75) is 24.8 Å². The summed E-state index contributed by atoms with van der Waals surface area (Å²) in [6.45, 7) is 5.59. The van der Waals surface area contributed by atoms with Gasteiger partial charge in [-0.25, -0.2) is 8.42 Å². The molecule has 0 saturated carbocycles. The standard InChI is InChI=1S/C15H19N3O2S/c1-11-8-16-9-13-4-3-5-14(15(11)13)21(19,20)18-7-6-17-12(2)10-18/h3-5,8-9,12,17H,6-7,10H2,1-2H3/t12-/m0/s1. The molecular formula is C15H19N3O2S. The zero-order chi connectivity index (χ0) is 15.0. The van der Waals surface area contributed by atoms with Gasteiger partial charge in [0.05, 0.1) is 4.90 Å². The van der Waals surface area contributed by atoms with E-state index >= 15 is 0 Å². The predicted octanol–water partition coefficient (Wildman–Crippen LogP) is 1.53. The molecule has 112 valence electrons. The SMILES string of the molecule is Cc1cncc2cccc(S(=O)(=O)N3CCN[C@@H](C)C3)c12. The fourth-order valence-electron chi connectivity index (χ4n) is 2.84. The van der Waals surface area contributed by atoms with Crippen molar-refractivity contribution in [3.8, 4) is 0 Å². The molecular weight excluding hydrogens is 286 g/mol. The molecule has 1 atom stereocenters. The zero-order valence-corrected chi connectivity index (χ0v) is 13.0. The molecule has 1 aliphatic heterocycles. The van der Waals surface area contributed by atoms with Crippen molar-refractivity contribution >= 4 is 20.8 Å². The van der Waals surface area contributed by atoms with E-state index in [1.807, 2.05) is 19.9 Å². The van der Waals surface area contributed by atoms with Crippen LogP contribution >= 0.6 is 0 Å². The number of fused-ring (bicyclic) bond motifs is 1. The molecule has 5 nitrogen and oxygen atoms in total. The van der Waals surface area contributed by atoms with Gasteiger partial charge in [0.25, 0.3) is 0 Å². The van der Waals surface area contributed by atoms with Crippen LogP contribution < -0.4 is 5.32 Å². The van der Waals surface area contributed by atoms with Crippen LogP contribution in [0.2, 0.25) is 0 Å². The van der Waals surface area contributed by atoms with E-state index in [0.717, 1.165) is 16.3 Å². The van der Waals surface area contributed by atoms with Crippen molar-refractivity contribution in [1.29, 1.82) is 0 Å². The van der Waals surface area contributed by atoms with Crippen molar-refractivity contribution < 1.29 is 8.42 Å². The van der Waals surface area contributed by atoms with Gasteiger partial charge in [-0.15, -0.1) is 0 Å². The first kappa shape index (κ1) is 14.4. The lowest BCUT2D eigenvalue weighted by molar-refractivity contribution is 0.310. The summed E-state index contributed by atoms with van der Waals surface area (Å²) in [5, 5.41) is 4.90. The van der Waals surface area contributed by atoms with Crippen LogP contribution in [0.4, 0.5) is 0 Å². The number of piperazine rings is 1. The van der Waals surface area contributed by atoms with E-state index in [0.29, 0.717) is 24.5 Å². The lowest BCUT2D eigenvalue weighted by atomic mass is 10.1. The summed E-state index contributed by atoms with van der Waals surface area (Å²) in [6, 6.07) is 5.54. The number of benzene rings is 1. The van der Waals surface area contributed by atoms with Crippen LogP contribution in [0, 0.1) is 6.92 Å². The fraction of sp³-hybridized carbons (Fsp3) is 0.400. The smallest absolute Gasteiger partial charge is 0.243 e. The third kappa shape index (κ3) is 2.54. The van der Waals surface area contributed by atoms with Gasteiger partial charge in [-0.05, 0) is 25.5 Å². The average molecular weight is 305 g/mol. The lowest BCUT2D eigenvalue weighted by Crippen LogP contribution is -2.51. The van der Waals surface area contributed by atoms with Gasteiger partial charge in [0.15, 0.2) is 0 Å². The highest BCUT2D eigenvalue weighted by Crippen LogP contribution is 2.28. The second kappa shape index (κ2) is 5.36. The summed E-state index contributed by atoms with van der Waals surface area (Å²) in [7, 11) is -3.48. The second-order valence-electron chi connectivity index (χ2n) is 5.53. The maximum absolute atomic E-state index is 13.0. The van der Waals surface area contributed by atoms with Crippen molar-refractivity contribution in [3.63, 3.8) is 0 Å². The Kier molecular flexibility index (Phi) is 3.69. The first-order valence-electron chi connectivity index (χ1n) is 7.07. The quantitative estimate of drug-likeness (QED) is 0.914. The van der Waals surface area contributed by atoms with E-state index in [1.54, 1.807) is 28.8 Å². The first-order chi connectivity index (χ1) is 10.00. The van der Waals surface area contributed by atoms with Crippen LogP contribution in [0.3, 0.4) is 0 Å². The molecule has 1 aromatic heterocycles. The fourth-order valence-corrected chi connectivity index (χ4v) is 4.66. The summed E-state index contributed by atoms with van der Waals surface area (Å²) in [5.41, 5.74) is 0.884. The van der Waals surface area contributed by atoms with Gasteiger partial charge in [-0.1, -0.05) is 12.1 Å². The molecule has 1 saturated heterocycles. The highest BCUT2D eigenvalue weighted by molar-refractivity contribution is 7.89. The van der Waals surface area contributed by atoms with Crippen molar-refractivity contribution in [3.05, 3.63) is 36.2 Å². The van der Waals surface area contributed by atoms with Gasteiger partial charge < -0.3 is 5.32 Å². The molecule has 6 heteroatoms. The average Bonchev–Trinajstić information content (AvgIpc) is 2.47. The maximum Gasteiger partial charge on any atom is 0.243 e. The predicted molar refractivity (Wildman–Crippen MR) is 82.7 cm³/mol. The minimum absolute atomic E-state index is 0.172. The molecule has 0 spiro atoms. The van der Waals surface area contributed by atoms with E-state index in [9.17, 15) is 8.42 Å². The number of aromatic nitrogens is 1. The molecule has 1 aliphatic rings. The molecule has 1 fully saturated rings. The Labute approximate surface area is 125 Å². The van der Waals surface area contributed by atoms with E-state index < -0.39 is 10.0 Å². The zero-order valence-electron chi connectivity index (χ0n) is 12.2. The highest BCUT2D eigenvalue weighted by atomic mass is 32.2. The van der Waals surface area contributed by atoms with E-state index in [2.05, 4.69) is 10.3 Å². The van der Waals surface area contributed by atoms with Gasteiger partial charge >= 0.3 is 0 Å². The summed E-state index contributed by atoms with van der Waals surface area (Å²) in [4.78, 5) is 4.53. The minimum atomic E-state index is -3.48. The van der Waals surface area contributed by atoms with Crippen molar-refractivity contribution in [2.75, 3.05) is 19.6 Å². The Hall–Kier alpha value is -1.50. The number of pyridine rings is 1. The lowest BCUT2D eigenvalue weighted by Gasteiger charge is -2.31. The number of rotatable bonds is 2. The van der Waals surface area contributed by atoms with Gasteiger partial charge in [0.2, 0.25) is 10.0 Å². The van der Waals surface area contributed by atoms with E-state index in [1.165, 1.54) is 0 Å². The normalized spacial score (nSPS) is 20.8. The van der Waals surface area contributed by atoms with Gasteiger partial charge in [0, 0.05) is 48.8 Å². The Morgan fingerprint density at radius 3 is 2.90 bits per heavy atom. The Bertz CT molecular complexity index is 768. The van der Waals surface area contributed by atoms with Gasteiger partial charge in [-0.2, -0.15) is 4.31 Å². The molecule has 1 N–H and O–H groups in total. The molecule has 0 aliphatic carbocycles. The number of nitrogens with zero attached hydrogens (tertiary/aromatic N) is 2. The third-order valence-corrected chi connectivity index (χ3v) is 5.79. The Balaban J connectivity index is 2.15. The molecule has 3 rings (SSSR count). The summed E-state index contributed by atoms with van der Waals surface area (Å²) >= 11 is 0. The molecule has 21 heavy (non-hydrogen) atoms. The van der Waals surface area contributed by atoms with Crippen LogP contribution in [0.5, 0.6) is 0 Å². The number of nitrogens with one attached hydrogen (secondary N) is 1. The monoisotopic (exact) mass is 305 g/mol. The molecule has 0 radical (unpaired) electrons. The summed E-state index contributed by atoms with van der Waals surface area (Å²) in [5.74, 6) is 0. The second-order valence-corrected chi connectivity index (χ2v) is 7.44. The molecule has 2 aromatic rings. The summed E-state index contributed by atoms with van der Waals surface area (Å²) < 4.78 is 27.5. The Morgan fingerprint density at radius 1 is 1.33 bits per heavy atom. The Morgan fingerprint density at radius 2 is 2.14 bits per heavy atom. The number of hydrogen-bond acceptors (Lipinski definition) is 4. The minimum Gasteiger partial charge on any atom is -0.312 e. The highest BCUT2D eigenvalue weighted by Gasteiger charge is 2.30. The van der Waals surface area contributed by atoms with Gasteiger partial charge in [0.1, 0.15) is 0 Å². The van der Waals surface area contributed by atoms with Crippen LogP contribution in [0.15, 0.2) is 35.5 Å². The van der Waals surface area contributed by atoms with Crippen molar-refractivity contribution in [1.82, 2.24) is 14.6 Å². The van der Waals surface area contributed by atoms with E-state index in [4.69, 9.17) is 0 Å². The first-order valence-corrected chi connectivity index (χ1v) is 8.51. The number of aryl methyl sites for hydroxylation is 1. The molecule has 1 aromatic carbocycles. The number of sulfonamides is 1. The van der Waals surface area contributed by atoms with E-state index in [-0.39, 0.29) is 6.04 Å². The topological polar surface area (TPSA) is 62.3 Å². The largest absolute Gasteiger partial charge is 0.312 e. The van der Waals surface area contributed by atoms with Gasteiger partial charge in [-0.3, -0.25) is 4.98 Å². The van der Waals surface area contributed by atoms with Crippen molar-refractivity contribution in [2.24, 2.45) is 0 Å². The molecule has 0 unspecified atom stereocenters. The van der Waals surface area contributed by atoms with Crippen LogP contribution in [0.1, 0.15) is 12.5 Å². The van der Waals surface area contributed by atoms with Crippen LogP contribution in [0.25, 0.3) is 10.8 Å². The molecule has 0 bridgehead atoms. The molecule has 2 heterocycles. The summed E-state index contributed by atoms with van der Waals surface area (Å²) in [6.07, 6.45) is 3.42. The third-order valence-electron chi connectivity index (χ3n) is 3.88. The maximum atomic E-state index is 13.0. The van der Waals surface area contributed by atoms with Crippen LogP contribution in [-0.2, 0) is 10.0 Å². The molecule has 0 amide bonds.